The highest BCUT2D eigenvalue weighted by molar-refractivity contribution is 7.86. The molecule has 0 spiro atoms. The van der Waals surface area contributed by atoms with Crippen molar-refractivity contribution in [2.24, 2.45) is 17.6 Å². The van der Waals surface area contributed by atoms with Crippen LogP contribution in [0.3, 0.4) is 0 Å². The highest BCUT2D eigenvalue weighted by Crippen LogP contribution is 2.17. The van der Waals surface area contributed by atoms with Gasteiger partial charge in [-0.2, -0.15) is 8.42 Å². The Kier molecular flexibility index (Phi) is 14.6. The summed E-state index contributed by atoms with van der Waals surface area (Å²) in [5, 5.41) is 25.3. The van der Waals surface area contributed by atoms with Crippen molar-refractivity contribution in [3.63, 3.8) is 0 Å². The largest absolute Gasteiger partial charge is 0.396 e. The van der Waals surface area contributed by atoms with E-state index in [4.69, 9.17) is 25.6 Å². The van der Waals surface area contributed by atoms with Gasteiger partial charge in [-0.15, -0.1) is 9.24 Å². The molecule has 0 saturated heterocycles. The zero-order valence-electron chi connectivity index (χ0n) is 14.1. The second-order valence-corrected chi connectivity index (χ2v) is 7.42. The number of carbonyl (C=O) groups is 1. The topological polar surface area (TPSA) is 158 Å². The summed E-state index contributed by atoms with van der Waals surface area (Å²) in [6.45, 7) is 3.18. The molecule has 1 amide bonds. The number of amides is 1. The Morgan fingerprint density at radius 3 is 1.96 bits per heavy atom. The van der Waals surface area contributed by atoms with Gasteiger partial charge in [-0.1, -0.05) is 13.0 Å². The summed E-state index contributed by atoms with van der Waals surface area (Å²) >= 11 is 0. The normalized spacial score (nSPS) is 15.9. The molecule has 0 rings (SSSR count). The summed E-state index contributed by atoms with van der Waals surface area (Å²) in [4.78, 5) is 10.6. The minimum absolute atomic E-state index is 0.0301. The molecule has 0 radical (unpaired) electrons. The average Bonchev–Trinajstić information content (AvgIpc) is 2.51. The maximum atomic E-state index is 10.7. The van der Waals surface area contributed by atoms with Gasteiger partial charge in [0.15, 0.2) is 0 Å². The highest BCUT2D eigenvalue weighted by Gasteiger charge is 2.19. The van der Waals surface area contributed by atoms with Gasteiger partial charge in [-0.3, -0.25) is 9.35 Å². The van der Waals surface area contributed by atoms with Crippen LogP contribution in [0.1, 0.15) is 26.7 Å². The summed E-state index contributed by atoms with van der Waals surface area (Å²) in [5.41, 5.74) is 5.03. The van der Waals surface area contributed by atoms with Crippen LogP contribution < -0.4 is 5.73 Å². The number of nitrogens with two attached hydrogens (primary N) is 1. The summed E-state index contributed by atoms with van der Waals surface area (Å²) < 4.78 is 30.0. The molecule has 0 saturated carbocycles. The smallest absolute Gasteiger partial charge is 0.271 e. The molecule has 0 aliphatic carbocycles. The molecule has 0 aromatic heterocycles. The lowest BCUT2D eigenvalue weighted by Crippen LogP contribution is -2.24. The predicted octanol–water partition coefficient (Wildman–Crippen LogP) is -0.455. The monoisotopic (exact) mass is 387 g/mol. The van der Waals surface area contributed by atoms with Crippen LogP contribution in [0.25, 0.3) is 0 Å². The third-order valence-corrected chi connectivity index (χ3v) is 5.39. The number of rotatable bonds is 10. The first-order valence-electron chi connectivity index (χ1n) is 7.56. The highest BCUT2D eigenvalue weighted by atomic mass is 32.2. The van der Waals surface area contributed by atoms with Gasteiger partial charge >= 0.3 is 0 Å². The Balaban J connectivity index is 0. The Hall–Kier alpha value is -0.570. The lowest BCUT2D eigenvalue weighted by Gasteiger charge is -2.21. The number of carbonyl (C=O) groups excluding carboxylic acids is 1. The predicted molar refractivity (Wildman–Crippen MR) is 96.0 cm³/mol. The van der Waals surface area contributed by atoms with E-state index in [1.165, 1.54) is 6.92 Å². The Morgan fingerprint density at radius 1 is 1.21 bits per heavy atom. The number of primary amides is 1. The maximum Gasteiger partial charge on any atom is 0.271 e. The standard InChI is InChI=1S/C7H13NO4S.C7H17O3P/c1-3-6(13(10,11)12)4-5(2)7(8)9;8-2-1-6(3-9)7(4-10)5-11/h4,6H,3H2,1-2H3,(H2,8,9)(H,10,11,12);6-10H,1-5,11H2. The first kappa shape index (κ1) is 25.7. The summed E-state index contributed by atoms with van der Waals surface area (Å²) in [6.07, 6.45) is 2.68. The van der Waals surface area contributed by atoms with Crippen molar-refractivity contribution < 1.29 is 33.1 Å². The van der Waals surface area contributed by atoms with Crippen LogP contribution in [-0.2, 0) is 14.9 Å². The van der Waals surface area contributed by atoms with E-state index in [0.717, 1.165) is 12.2 Å². The quantitative estimate of drug-likeness (QED) is 0.193. The van der Waals surface area contributed by atoms with Crippen LogP contribution in [0, 0.1) is 11.8 Å². The Bertz CT molecular complexity index is 478. The average molecular weight is 387 g/mol. The molecular weight excluding hydrogens is 357 g/mol. The molecule has 0 fully saturated rings. The van der Waals surface area contributed by atoms with Crippen LogP contribution in [0.2, 0.25) is 0 Å². The zero-order chi connectivity index (χ0) is 19.3. The van der Waals surface area contributed by atoms with Gasteiger partial charge in [-0.05, 0) is 37.8 Å². The van der Waals surface area contributed by atoms with E-state index >= 15 is 0 Å². The van der Waals surface area contributed by atoms with Crippen LogP contribution in [-0.4, -0.2) is 65.4 Å². The second kappa shape index (κ2) is 13.7. The number of hydrogen-bond donors (Lipinski definition) is 5. The lowest BCUT2D eigenvalue weighted by atomic mass is 9.92. The first-order valence-corrected chi connectivity index (χ1v) is 9.87. The minimum Gasteiger partial charge on any atom is -0.396 e. The molecule has 8 nitrogen and oxygen atoms in total. The number of hydrogen-bond acceptors (Lipinski definition) is 6. The first-order chi connectivity index (χ1) is 11.1. The number of aliphatic hydroxyl groups is 3. The van der Waals surface area contributed by atoms with E-state index in [-0.39, 0.29) is 43.7 Å². The third-order valence-electron chi connectivity index (χ3n) is 3.55. The molecule has 0 heterocycles. The van der Waals surface area contributed by atoms with Crippen molar-refractivity contribution in [1.29, 1.82) is 0 Å². The molecule has 0 bridgehead atoms. The van der Waals surface area contributed by atoms with E-state index in [1.807, 2.05) is 0 Å². The molecule has 144 valence electrons. The van der Waals surface area contributed by atoms with E-state index < -0.39 is 21.3 Å². The fourth-order valence-corrected chi connectivity index (χ4v) is 3.16. The molecule has 6 N–H and O–H groups in total. The molecule has 4 atom stereocenters. The van der Waals surface area contributed by atoms with Crippen LogP contribution in [0.15, 0.2) is 11.6 Å². The Morgan fingerprint density at radius 2 is 1.71 bits per heavy atom. The van der Waals surface area contributed by atoms with Crippen molar-refractivity contribution in [1.82, 2.24) is 0 Å². The van der Waals surface area contributed by atoms with Gasteiger partial charge in [-0.25, -0.2) is 0 Å². The summed E-state index contributed by atoms with van der Waals surface area (Å²) in [5.74, 6) is -0.568. The van der Waals surface area contributed by atoms with Crippen LogP contribution >= 0.6 is 9.24 Å². The van der Waals surface area contributed by atoms with Gasteiger partial charge in [0.1, 0.15) is 5.25 Å². The van der Waals surface area contributed by atoms with Crippen molar-refractivity contribution in [2.45, 2.75) is 31.9 Å². The molecule has 10 heteroatoms. The second-order valence-electron chi connectivity index (χ2n) is 5.31. The molecular formula is C14H30NO7PS. The van der Waals surface area contributed by atoms with Gasteiger partial charge in [0.25, 0.3) is 10.1 Å². The zero-order valence-corrected chi connectivity index (χ0v) is 16.1. The van der Waals surface area contributed by atoms with Crippen molar-refractivity contribution in [2.75, 3.05) is 26.0 Å². The maximum absolute atomic E-state index is 10.7. The fraction of sp³-hybridized carbons (Fsp3) is 0.786. The van der Waals surface area contributed by atoms with Crippen LogP contribution in [0.5, 0.6) is 0 Å². The van der Waals surface area contributed by atoms with Crippen molar-refractivity contribution >= 4 is 25.3 Å². The van der Waals surface area contributed by atoms with E-state index in [0.29, 0.717) is 6.42 Å². The van der Waals surface area contributed by atoms with Gasteiger partial charge in [0.05, 0.1) is 0 Å². The van der Waals surface area contributed by atoms with E-state index in [9.17, 15) is 13.2 Å². The molecule has 24 heavy (non-hydrogen) atoms. The third kappa shape index (κ3) is 11.1. The summed E-state index contributed by atoms with van der Waals surface area (Å²) in [6, 6.07) is 0. The number of aliphatic hydroxyl groups excluding tert-OH is 3. The Labute approximate surface area is 146 Å². The molecule has 0 aliphatic heterocycles. The molecule has 0 aromatic rings. The van der Waals surface area contributed by atoms with Gasteiger partial charge in [0, 0.05) is 25.4 Å². The van der Waals surface area contributed by atoms with Gasteiger partial charge < -0.3 is 21.1 Å². The fourth-order valence-electron chi connectivity index (χ4n) is 1.83. The summed E-state index contributed by atoms with van der Waals surface area (Å²) in [7, 11) is -1.59. The van der Waals surface area contributed by atoms with E-state index in [2.05, 4.69) is 9.24 Å². The van der Waals surface area contributed by atoms with Crippen molar-refractivity contribution in [3.05, 3.63) is 11.6 Å². The molecule has 0 aromatic carbocycles. The SMILES string of the molecule is CCC(C=C(C)C(N)=O)S(=O)(=O)O.OCCC(CO)C(CO)CP. The molecule has 0 aliphatic rings. The van der Waals surface area contributed by atoms with Crippen LogP contribution in [0.4, 0.5) is 0 Å². The van der Waals surface area contributed by atoms with Gasteiger partial charge in [0.2, 0.25) is 5.91 Å². The lowest BCUT2D eigenvalue weighted by molar-refractivity contribution is -0.114. The van der Waals surface area contributed by atoms with E-state index in [1.54, 1.807) is 6.92 Å². The minimum atomic E-state index is -4.13. The van der Waals surface area contributed by atoms with Crippen molar-refractivity contribution in [3.8, 4) is 0 Å². The molecule has 4 unspecified atom stereocenters.